The van der Waals surface area contributed by atoms with Gasteiger partial charge in [-0.3, -0.25) is 0 Å². The highest BCUT2D eigenvalue weighted by Crippen LogP contribution is 2.24. The van der Waals surface area contributed by atoms with Crippen molar-refractivity contribution in [3.8, 4) is 0 Å². The van der Waals surface area contributed by atoms with Gasteiger partial charge in [0.25, 0.3) is 0 Å². The van der Waals surface area contributed by atoms with Crippen molar-refractivity contribution in [2.75, 3.05) is 31.1 Å². The number of anilines is 1. The fourth-order valence-corrected chi connectivity index (χ4v) is 3.37. The van der Waals surface area contributed by atoms with Crippen LogP contribution in [0.5, 0.6) is 0 Å². The summed E-state index contributed by atoms with van der Waals surface area (Å²) in [6.45, 7) is 4.09. The first-order valence-corrected chi connectivity index (χ1v) is 8.00. The van der Waals surface area contributed by atoms with Crippen LogP contribution in [0.25, 0.3) is 0 Å². The first kappa shape index (κ1) is 14.3. The lowest BCUT2D eigenvalue weighted by atomic mass is 10.1. The molecular formula is C13H20N2O3S. The minimum atomic E-state index is -3.37. The number of nitrogens with one attached hydrogen (secondary N) is 1. The van der Waals surface area contributed by atoms with Crippen LogP contribution in [0, 0.1) is 5.92 Å². The van der Waals surface area contributed by atoms with Crippen LogP contribution in [-0.2, 0) is 10.0 Å². The number of hydrogen-bond acceptors (Lipinski definition) is 4. The Hall–Kier alpha value is -1.11. The molecule has 106 valence electrons. The summed E-state index contributed by atoms with van der Waals surface area (Å²) in [4.78, 5) is 2.46. The third-order valence-electron chi connectivity index (χ3n) is 3.39. The van der Waals surface area contributed by atoms with Gasteiger partial charge in [0, 0.05) is 37.8 Å². The van der Waals surface area contributed by atoms with E-state index in [-0.39, 0.29) is 11.5 Å². The molecule has 0 saturated carbocycles. The first-order chi connectivity index (χ1) is 9.06. The second-order valence-electron chi connectivity index (χ2n) is 4.78. The van der Waals surface area contributed by atoms with Gasteiger partial charge < -0.3 is 10.0 Å². The molecule has 1 aliphatic rings. The van der Waals surface area contributed by atoms with E-state index in [0.29, 0.717) is 12.5 Å². The molecule has 19 heavy (non-hydrogen) atoms. The molecule has 2 N–H and O–H groups in total. The van der Waals surface area contributed by atoms with E-state index in [1.807, 2.05) is 12.1 Å². The average Bonchev–Trinajstić information content (AvgIpc) is 2.87. The van der Waals surface area contributed by atoms with Gasteiger partial charge in [-0.2, -0.15) is 0 Å². The van der Waals surface area contributed by atoms with Gasteiger partial charge in [-0.1, -0.05) is 6.92 Å². The Balaban J connectivity index is 2.11. The van der Waals surface area contributed by atoms with Gasteiger partial charge in [0.15, 0.2) is 0 Å². The number of hydrogen-bond donors (Lipinski definition) is 2. The molecule has 1 aromatic rings. The Morgan fingerprint density at radius 2 is 2.05 bits per heavy atom. The third-order valence-corrected chi connectivity index (χ3v) is 4.95. The van der Waals surface area contributed by atoms with Crippen molar-refractivity contribution in [3.05, 3.63) is 24.3 Å². The summed E-state index contributed by atoms with van der Waals surface area (Å²) in [6, 6.07) is 6.90. The van der Waals surface area contributed by atoms with Crippen molar-refractivity contribution in [1.82, 2.24) is 4.72 Å². The van der Waals surface area contributed by atoms with E-state index >= 15 is 0 Å². The molecule has 1 saturated heterocycles. The molecule has 1 unspecified atom stereocenters. The smallest absolute Gasteiger partial charge is 0.240 e. The van der Waals surface area contributed by atoms with Gasteiger partial charge in [-0.25, -0.2) is 13.1 Å². The van der Waals surface area contributed by atoms with Crippen molar-refractivity contribution >= 4 is 15.7 Å². The van der Waals surface area contributed by atoms with Gasteiger partial charge in [0.05, 0.1) is 4.90 Å². The maximum absolute atomic E-state index is 11.8. The van der Waals surface area contributed by atoms with Gasteiger partial charge in [-0.15, -0.1) is 0 Å². The molecule has 6 heteroatoms. The average molecular weight is 284 g/mol. The Morgan fingerprint density at radius 3 is 2.58 bits per heavy atom. The van der Waals surface area contributed by atoms with E-state index in [1.54, 1.807) is 19.1 Å². The minimum Gasteiger partial charge on any atom is -0.396 e. The molecule has 0 aromatic heterocycles. The lowest BCUT2D eigenvalue weighted by Crippen LogP contribution is -2.23. The van der Waals surface area contributed by atoms with Crippen LogP contribution in [-0.4, -0.2) is 39.8 Å². The molecule has 0 spiro atoms. The highest BCUT2D eigenvalue weighted by atomic mass is 32.2. The first-order valence-electron chi connectivity index (χ1n) is 6.52. The van der Waals surface area contributed by atoms with Crippen LogP contribution in [0.1, 0.15) is 13.3 Å². The topological polar surface area (TPSA) is 69.6 Å². The molecule has 0 aliphatic carbocycles. The van der Waals surface area contributed by atoms with Gasteiger partial charge in [0.1, 0.15) is 0 Å². The molecule has 1 aromatic carbocycles. The second kappa shape index (κ2) is 5.90. The number of nitrogens with zero attached hydrogens (tertiary/aromatic N) is 1. The lowest BCUT2D eigenvalue weighted by Gasteiger charge is -2.18. The summed E-state index contributed by atoms with van der Waals surface area (Å²) in [5, 5.41) is 9.13. The van der Waals surface area contributed by atoms with E-state index in [1.165, 1.54) is 0 Å². The van der Waals surface area contributed by atoms with E-state index in [9.17, 15) is 8.42 Å². The molecule has 5 nitrogen and oxygen atoms in total. The molecule has 1 heterocycles. The molecule has 0 radical (unpaired) electrons. The Morgan fingerprint density at radius 1 is 1.37 bits per heavy atom. The Bertz CT molecular complexity index is 513. The van der Waals surface area contributed by atoms with Crippen molar-refractivity contribution in [1.29, 1.82) is 0 Å². The molecule has 1 atom stereocenters. The van der Waals surface area contributed by atoms with Gasteiger partial charge in [-0.05, 0) is 30.7 Å². The van der Waals surface area contributed by atoms with Crippen molar-refractivity contribution < 1.29 is 13.5 Å². The molecular weight excluding hydrogens is 264 g/mol. The molecule has 1 aliphatic heterocycles. The quantitative estimate of drug-likeness (QED) is 0.839. The van der Waals surface area contributed by atoms with Gasteiger partial charge in [0.2, 0.25) is 10.0 Å². The van der Waals surface area contributed by atoms with Crippen LogP contribution in [0.4, 0.5) is 5.69 Å². The Kier molecular flexibility index (Phi) is 4.44. The van der Waals surface area contributed by atoms with Crippen molar-refractivity contribution in [2.45, 2.75) is 18.2 Å². The summed E-state index contributed by atoms with van der Waals surface area (Å²) in [5.41, 5.74) is 1.01. The van der Waals surface area contributed by atoms with E-state index < -0.39 is 10.0 Å². The van der Waals surface area contributed by atoms with E-state index in [0.717, 1.165) is 25.2 Å². The number of aliphatic hydroxyl groups excluding tert-OH is 1. The predicted molar refractivity (Wildman–Crippen MR) is 74.7 cm³/mol. The summed E-state index contributed by atoms with van der Waals surface area (Å²) < 4.78 is 26.1. The second-order valence-corrected chi connectivity index (χ2v) is 6.55. The van der Waals surface area contributed by atoms with Crippen LogP contribution in [0.2, 0.25) is 0 Å². The standard InChI is InChI=1S/C13H20N2O3S/c1-2-14-19(17,18)13-5-3-12(4-6-13)15-8-7-11(9-15)10-16/h3-6,11,14,16H,2,7-10H2,1H3. The monoisotopic (exact) mass is 284 g/mol. The van der Waals surface area contributed by atoms with Crippen LogP contribution in [0.3, 0.4) is 0 Å². The SMILES string of the molecule is CCNS(=O)(=O)c1ccc(N2CCC(CO)C2)cc1. The summed E-state index contributed by atoms with van der Waals surface area (Å²) >= 11 is 0. The summed E-state index contributed by atoms with van der Waals surface area (Å²) in [6.07, 6.45) is 0.980. The Labute approximate surface area is 114 Å². The van der Waals surface area contributed by atoms with E-state index in [2.05, 4.69) is 9.62 Å². The zero-order valence-electron chi connectivity index (χ0n) is 11.0. The normalized spacial score (nSPS) is 19.9. The molecule has 0 amide bonds. The summed E-state index contributed by atoms with van der Waals surface area (Å²) in [5.74, 6) is 0.324. The zero-order valence-corrected chi connectivity index (χ0v) is 11.9. The third kappa shape index (κ3) is 3.26. The number of benzene rings is 1. The largest absolute Gasteiger partial charge is 0.396 e. The lowest BCUT2D eigenvalue weighted by molar-refractivity contribution is 0.238. The van der Waals surface area contributed by atoms with Crippen molar-refractivity contribution in [2.24, 2.45) is 5.92 Å². The van der Waals surface area contributed by atoms with Crippen molar-refractivity contribution in [3.63, 3.8) is 0 Å². The van der Waals surface area contributed by atoms with E-state index in [4.69, 9.17) is 5.11 Å². The fourth-order valence-electron chi connectivity index (χ4n) is 2.33. The number of sulfonamides is 1. The minimum absolute atomic E-state index is 0.212. The highest BCUT2D eigenvalue weighted by molar-refractivity contribution is 7.89. The maximum atomic E-state index is 11.8. The highest BCUT2D eigenvalue weighted by Gasteiger charge is 2.22. The zero-order chi connectivity index (χ0) is 13.9. The number of rotatable bonds is 5. The summed E-state index contributed by atoms with van der Waals surface area (Å²) in [7, 11) is -3.37. The number of aliphatic hydroxyl groups is 1. The molecule has 0 bridgehead atoms. The van der Waals surface area contributed by atoms with Crippen LogP contribution >= 0.6 is 0 Å². The molecule has 2 rings (SSSR count). The predicted octanol–water partition coefficient (Wildman–Crippen LogP) is 0.803. The van der Waals surface area contributed by atoms with Crippen LogP contribution < -0.4 is 9.62 Å². The van der Waals surface area contributed by atoms with Gasteiger partial charge >= 0.3 is 0 Å². The fraction of sp³-hybridized carbons (Fsp3) is 0.538. The van der Waals surface area contributed by atoms with Crippen LogP contribution in [0.15, 0.2) is 29.2 Å². The molecule has 1 fully saturated rings. The maximum Gasteiger partial charge on any atom is 0.240 e.